The number of barbiturate groups is 1. The van der Waals surface area contributed by atoms with Gasteiger partial charge in [0.05, 0.1) is 4.47 Å². The van der Waals surface area contributed by atoms with Crippen molar-refractivity contribution in [2.75, 3.05) is 6.61 Å². The number of halogens is 1. The predicted molar refractivity (Wildman–Crippen MR) is 78.5 cm³/mol. The van der Waals surface area contributed by atoms with Gasteiger partial charge < -0.3 is 10.5 Å². The summed E-state index contributed by atoms with van der Waals surface area (Å²) in [6, 6.07) is 3.85. The number of urea groups is 1. The van der Waals surface area contributed by atoms with Crippen molar-refractivity contribution in [3.05, 3.63) is 33.8 Å². The molecule has 1 saturated heterocycles. The van der Waals surface area contributed by atoms with E-state index in [1.165, 1.54) is 6.08 Å². The van der Waals surface area contributed by atoms with Crippen LogP contribution >= 0.6 is 15.9 Å². The zero-order valence-corrected chi connectivity index (χ0v) is 12.6. The third kappa shape index (κ3) is 3.70. The van der Waals surface area contributed by atoms with Gasteiger partial charge in [-0.05, 0) is 39.7 Å². The van der Waals surface area contributed by atoms with Crippen molar-refractivity contribution >= 4 is 45.8 Å². The minimum Gasteiger partial charge on any atom is -0.483 e. The van der Waals surface area contributed by atoms with Crippen LogP contribution in [-0.2, 0) is 14.4 Å². The molecule has 0 aromatic heterocycles. The molecule has 1 heterocycles. The van der Waals surface area contributed by atoms with E-state index in [9.17, 15) is 19.2 Å². The third-order valence-electron chi connectivity index (χ3n) is 2.58. The van der Waals surface area contributed by atoms with Crippen molar-refractivity contribution in [1.82, 2.24) is 10.6 Å². The summed E-state index contributed by atoms with van der Waals surface area (Å²) in [5.74, 6) is -1.79. The molecule has 2 rings (SSSR count). The number of hydrogen-bond acceptors (Lipinski definition) is 5. The van der Waals surface area contributed by atoms with Crippen molar-refractivity contribution < 1.29 is 23.9 Å². The highest BCUT2D eigenvalue weighted by atomic mass is 79.9. The molecule has 0 aliphatic carbocycles. The van der Waals surface area contributed by atoms with Crippen LogP contribution in [0.5, 0.6) is 5.75 Å². The van der Waals surface area contributed by atoms with Crippen LogP contribution in [0.25, 0.3) is 6.08 Å². The maximum atomic E-state index is 11.6. The van der Waals surface area contributed by atoms with Crippen molar-refractivity contribution in [2.24, 2.45) is 5.73 Å². The number of benzene rings is 1. The molecule has 8 nitrogen and oxygen atoms in total. The van der Waals surface area contributed by atoms with Crippen LogP contribution in [0, 0.1) is 0 Å². The molecule has 1 aliphatic heterocycles. The first-order valence-electron chi connectivity index (χ1n) is 5.96. The van der Waals surface area contributed by atoms with E-state index in [-0.39, 0.29) is 12.2 Å². The van der Waals surface area contributed by atoms with E-state index < -0.39 is 23.8 Å². The molecule has 0 saturated carbocycles. The van der Waals surface area contributed by atoms with Crippen LogP contribution in [-0.4, -0.2) is 30.4 Å². The van der Waals surface area contributed by atoms with E-state index in [4.69, 9.17) is 10.5 Å². The Bertz CT molecular complexity index is 692. The summed E-state index contributed by atoms with van der Waals surface area (Å²) in [4.78, 5) is 44.8. The number of carbonyl (C=O) groups excluding carboxylic acids is 4. The fourth-order valence-electron chi connectivity index (χ4n) is 1.65. The maximum Gasteiger partial charge on any atom is 0.328 e. The van der Waals surface area contributed by atoms with Crippen LogP contribution in [0.15, 0.2) is 28.2 Å². The first-order chi connectivity index (χ1) is 10.4. The number of amides is 5. The van der Waals surface area contributed by atoms with Crippen LogP contribution in [0.2, 0.25) is 0 Å². The normalized spacial score (nSPS) is 14.2. The number of imide groups is 2. The quantitative estimate of drug-likeness (QED) is 0.512. The van der Waals surface area contributed by atoms with Crippen molar-refractivity contribution in [2.45, 2.75) is 0 Å². The molecule has 1 aliphatic rings. The number of nitrogens with one attached hydrogen (secondary N) is 2. The number of ether oxygens (including phenoxy) is 1. The Kier molecular flexibility index (Phi) is 4.56. The third-order valence-corrected chi connectivity index (χ3v) is 3.20. The average Bonchev–Trinajstić information content (AvgIpc) is 2.41. The average molecular weight is 368 g/mol. The van der Waals surface area contributed by atoms with Gasteiger partial charge in [0.1, 0.15) is 11.3 Å². The molecule has 22 heavy (non-hydrogen) atoms. The topological polar surface area (TPSA) is 128 Å². The fraction of sp³-hybridized carbons (Fsp3) is 0.0769. The van der Waals surface area contributed by atoms with E-state index in [0.717, 1.165) is 0 Å². The molecule has 1 fully saturated rings. The van der Waals surface area contributed by atoms with Gasteiger partial charge in [0.2, 0.25) is 0 Å². The first kappa shape index (κ1) is 15.7. The highest BCUT2D eigenvalue weighted by Gasteiger charge is 2.27. The standard InChI is InChI=1S/C13H10BrN3O5/c14-8-4-6(1-2-9(8)22-5-10(15)18)3-7-11(19)16-13(21)17-12(7)20/h1-4H,5H2,(H2,15,18)(H2,16,17,19,20,21). The number of nitrogens with two attached hydrogens (primary N) is 1. The number of rotatable bonds is 4. The minimum absolute atomic E-state index is 0.197. The summed E-state index contributed by atoms with van der Waals surface area (Å²) in [5.41, 5.74) is 5.30. The SMILES string of the molecule is NC(=O)COc1ccc(C=C2C(=O)NC(=O)NC2=O)cc1Br. The number of carbonyl (C=O) groups is 4. The zero-order chi connectivity index (χ0) is 16.3. The molecule has 1 aromatic rings. The summed E-state index contributed by atoms with van der Waals surface area (Å²) in [5, 5.41) is 3.95. The lowest BCUT2D eigenvalue weighted by Crippen LogP contribution is -2.51. The van der Waals surface area contributed by atoms with Crippen LogP contribution in [0.1, 0.15) is 5.56 Å². The summed E-state index contributed by atoms with van der Waals surface area (Å²) in [7, 11) is 0. The van der Waals surface area contributed by atoms with E-state index in [2.05, 4.69) is 15.9 Å². The Balaban J connectivity index is 2.23. The Hall–Kier alpha value is -2.68. The van der Waals surface area contributed by atoms with Crippen LogP contribution < -0.4 is 21.1 Å². The lowest BCUT2D eigenvalue weighted by Gasteiger charge is -2.14. The fourth-order valence-corrected chi connectivity index (χ4v) is 2.16. The highest BCUT2D eigenvalue weighted by Crippen LogP contribution is 2.27. The minimum atomic E-state index is -0.858. The summed E-state index contributed by atoms with van der Waals surface area (Å²) >= 11 is 3.24. The van der Waals surface area contributed by atoms with Crippen molar-refractivity contribution in [1.29, 1.82) is 0 Å². The lowest BCUT2D eigenvalue weighted by atomic mass is 10.1. The van der Waals surface area contributed by atoms with Crippen LogP contribution in [0.3, 0.4) is 0 Å². The Morgan fingerprint density at radius 3 is 2.41 bits per heavy atom. The van der Waals surface area contributed by atoms with E-state index in [1.807, 2.05) is 10.6 Å². The second-order valence-corrected chi connectivity index (χ2v) is 5.09. The Labute approximate surface area is 132 Å². The second kappa shape index (κ2) is 6.39. The van der Waals surface area contributed by atoms with E-state index in [0.29, 0.717) is 15.8 Å². The zero-order valence-electron chi connectivity index (χ0n) is 11.0. The molecule has 0 bridgehead atoms. The van der Waals surface area contributed by atoms with Gasteiger partial charge in [-0.25, -0.2) is 4.79 Å². The molecule has 0 unspecified atom stereocenters. The number of hydrogen-bond donors (Lipinski definition) is 3. The van der Waals surface area contributed by atoms with E-state index >= 15 is 0 Å². The summed E-state index contributed by atoms with van der Waals surface area (Å²) in [6.07, 6.45) is 1.32. The monoisotopic (exact) mass is 367 g/mol. The molecule has 1 aromatic carbocycles. The van der Waals surface area contributed by atoms with Gasteiger partial charge in [-0.15, -0.1) is 0 Å². The predicted octanol–water partition coefficient (Wildman–Crippen LogP) is 0.0626. The Morgan fingerprint density at radius 2 is 1.86 bits per heavy atom. The van der Waals surface area contributed by atoms with Gasteiger partial charge in [-0.1, -0.05) is 6.07 Å². The van der Waals surface area contributed by atoms with Gasteiger partial charge in [0, 0.05) is 0 Å². The van der Waals surface area contributed by atoms with Gasteiger partial charge in [-0.2, -0.15) is 0 Å². The molecule has 9 heteroatoms. The van der Waals surface area contributed by atoms with Crippen LogP contribution in [0.4, 0.5) is 4.79 Å². The lowest BCUT2D eigenvalue weighted by molar-refractivity contribution is -0.124. The summed E-state index contributed by atoms with van der Waals surface area (Å²) in [6.45, 7) is -0.272. The molecule has 0 atom stereocenters. The van der Waals surface area contributed by atoms with E-state index in [1.54, 1.807) is 18.2 Å². The molecular weight excluding hydrogens is 358 g/mol. The molecule has 4 N–H and O–H groups in total. The molecule has 0 spiro atoms. The van der Waals surface area contributed by atoms with Crippen molar-refractivity contribution in [3.63, 3.8) is 0 Å². The van der Waals surface area contributed by atoms with Gasteiger partial charge in [0.15, 0.2) is 6.61 Å². The largest absolute Gasteiger partial charge is 0.483 e. The maximum absolute atomic E-state index is 11.6. The molecule has 114 valence electrons. The molecule has 5 amide bonds. The van der Waals surface area contributed by atoms with Crippen molar-refractivity contribution in [3.8, 4) is 5.75 Å². The summed E-state index contributed by atoms with van der Waals surface area (Å²) < 4.78 is 5.66. The molecular formula is C13H10BrN3O5. The number of primary amides is 1. The van der Waals surface area contributed by atoms with Gasteiger partial charge in [0.25, 0.3) is 17.7 Å². The highest BCUT2D eigenvalue weighted by molar-refractivity contribution is 9.10. The first-order valence-corrected chi connectivity index (χ1v) is 6.75. The molecule has 0 radical (unpaired) electrons. The Morgan fingerprint density at radius 1 is 1.23 bits per heavy atom. The van der Waals surface area contributed by atoms with Gasteiger partial charge >= 0.3 is 6.03 Å². The smallest absolute Gasteiger partial charge is 0.328 e. The van der Waals surface area contributed by atoms with Gasteiger partial charge in [-0.3, -0.25) is 25.0 Å². The second-order valence-electron chi connectivity index (χ2n) is 4.24.